The minimum Gasteiger partial charge on any atom is -0.378 e. The molecule has 1 saturated heterocycles. The molecule has 0 spiro atoms. The van der Waals surface area contributed by atoms with E-state index in [9.17, 15) is 0 Å². The highest BCUT2D eigenvalue weighted by atomic mass is 127. The lowest BCUT2D eigenvalue weighted by Crippen LogP contribution is -2.49. The molecule has 1 aliphatic heterocycles. The molecule has 0 unspecified atom stereocenters. The molecule has 4 nitrogen and oxygen atoms in total. The minimum absolute atomic E-state index is 0. The van der Waals surface area contributed by atoms with Gasteiger partial charge in [-0.2, -0.15) is 0 Å². The topological polar surface area (TPSA) is 36.9 Å². The molecule has 0 amide bonds. The largest absolute Gasteiger partial charge is 0.378 e. The highest BCUT2D eigenvalue weighted by molar-refractivity contribution is 14.0. The maximum Gasteiger partial charge on any atom is 0.193 e. The molecule has 0 aromatic heterocycles. The van der Waals surface area contributed by atoms with Crippen LogP contribution in [0.25, 0.3) is 0 Å². The minimum atomic E-state index is -0.0895. The first-order valence-electron chi connectivity index (χ1n) is 8.90. The summed E-state index contributed by atoms with van der Waals surface area (Å²) in [6, 6.07) is 5.84. The van der Waals surface area contributed by atoms with Crippen LogP contribution in [0.2, 0.25) is 10.0 Å². The number of likely N-dealkylation sites (tertiary alicyclic amines) is 1. The van der Waals surface area contributed by atoms with Crippen LogP contribution in [0.3, 0.4) is 0 Å². The smallest absolute Gasteiger partial charge is 0.193 e. The molecule has 0 saturated carbocycles. The Morgan fingerprint density at radius 2 is 1.92 bits per heavy atom. The third kappa shape index (κ3) is 6.43. The fraction of sp³-hybridized carbons (Fsp3) is 0.632. The summed E-state index contributed by atoms with van der Waals surface area (Å²) in [5, 5.41) is 4.70. The van der Waals surface area contributed by atoms with Gasteiger partial charge in [0.15, 0.2) is 5.96 Å². The second-order valence-electron chi connectivity index (χ2n) is 7.06. The quantitative estimate of drug-likeness (QED) is 0.343. The number of hydrogen-bond donors (Lipinski definition) is 1. The van der Waals surface area contributed by atoms with Gasteiger partial charge in [-0.05, 0) is 37.5 Å². The van der Waals surface area contributed by atoms with Gasteiger partial charge in [0, 0.05) is 38.7 Å². The molecule has 0 aliphatic carbocycles. The van der Waals surface area contributed by atoms with E-state index in [-0.39, 0.29) is 29.4 Å². The molecular formula is C19H30Cl2IN3O. The van der Waals surface area contributed by atoms with E-state index >= 15 is 0 Å². The Kier molecular flexibility index (Phi) is 10.0. The summed E-state index contributed by atoms with van der Waals surface area (Å²) in [5.74, 6) is 0.947. The van der Waals surface area contributed by atoms with Crippen molar-refractivity contribution >= 4 is 53.1 Å². The third-order valence-electron chi connectivity index (χ3n) is 4.75. The van der Waals surface area contributed by atoms with Crippen LogP contribution in [-0.2, 0) is 10.2 Å². The monoisotopic (exact) mass is 513 g/mol. The molecule has 0 bridgehead atoms. The van der Waals surface area contributed by atoms with E-state index < -0.39 is 0 Å². The Hall–Kier alpha value is -0.240. The predicted molar refractivity (Wildman–Crippen MR) is 122 cm³/mol. The second-order valence-corrected chi connectivity index (χ2v) is 7.87. The van der Waals surface area contributed by atoms with Crippen molar-refractivity contribution in [2.45, 2.75) is 45.1 Å². The molecule has 0 radical (unpaired) electrons. The molecule has 1 aliphatic rings. The van der Waals surface area contributed by atoms with E-state index in [1.807, 2.05) is 25.2 Å². The summed E-state index contributed by atoms with van der Waals surface area (Å²) in [4.78, 5) is 6.76. The Labute approximate surface area is 184 Å². The molecular weight excluding hydrogens is 484 g/mol. The van der Waals surface area contributed by atoms with E-state index in [0.29, 0.717) is 16.1 Å². The summed E-state index contributed by atoms with van der Waals surface area (Å²) < 4.78 is 5.73. The van der Waals surface area contributed by atoms with Crippen LogP contribution < -0.4 is 5.32 Å². The lowest BCUT2D eigenvalue weighted by Gasteiger charge is -2.35. The number of rotatable bonds is 5. The third-order valence-corrected chi connectivity index (χ3v) is 5.48. The number of halogens is 3. The van der Waals surface area contributed by atoms with Crippen LogP contribution in [0.15, 0.2) is 23.2 Å². The number of piperidine rings is 1. The van der Waals surface area contributed by atoms with Gasteiger partial charge in [0.2, 0.25) is 0 Å². The standard InChI is InChI=1S/C19H29Cl2N3O.HI/c1-5-25-15-8-10-24(11-9-15)18(22-4)23-13-19(2,3)14-6-7-16(20)17(21)12-14;/h6-7,12,15H,5,8-11,13H2,1-4H3,(H,22,23);1H. The lowest BCUT2D eigenvalue weighted by atomic mass is 9.84. The summed E-state index contributed by atoms with van der Waals surface area (Å²) in [6.45, 7) is 9.92. The molecule has 1 aromatic carbocycles. The van der Waals surface area contributed by atoms with Crippen LogP contribution >= 0.6 is 47.2 Å². The second kappa shape index (κ2) is 10.9. The van der Waals surface area contributed by atoms with Crippen molar-refractivity contribution in [2.24, 2.45) is 4.99 Å². The zero-order valence-electron chi connectivity index (χ0n) is 16.0. The Bertz CT molecular complexity index is 602. The van der Waals surface area contributed by atoms with Gasteiger partial charge in [0.1, 0.15) is 0 Å². The van der Waals surface area contributed by atoms with Crippen molar-refractivity contribution < 1.29 is 4.74 Å². The van der Waals surface area contributed by atoms with Crippen molar-refractivity contribution in [1.82, 2.24) is 10.2 Å². The lowest BCUT2D eigenvalue weighted by molar-refractivity contribution is 0.0263. The van der Waals surface area contributed by atoms with Gasteiger partial charge in [-0.25, -0.2) is 0 Å². The van der Waals surface area contributed by atoms with Gasteiger partial charge in [-0.15, -0.1) is 24.0 Å². The average molecular weight is 514 g/mol. The number of benzene rings is 1. The number of hydrogen-bond acceptors (Lipinski definition) is 2. The van der Waals surface area contributed by atoms with Gasteiger partial charge < -0.3 is 15.0 Å². The van der Waals surface area contributed by atoms with E-state index in [1.165, 1.54) is 0 Å². The first kappa shape index (κ1) is 23.8. The number of nitrogens with zero attached hydrogens (tertiary/aromatic N) is 2. The number of ether oxygens (including phenoxy) is 1. The maximum atomic E-state index is 6.17. The van der Waals surface area contributed by atoms with Crippen molar-refractivity contribution in [3.63, 3.8) is 0 Å². The fourth-order valence-corrected chi connectivity index (χ4v) is 3.42. The van der Waals surface area contributed by atoms with E-state index in [2.05, 4.69) is 36.0 Å². The average Bonchev–Trinajstić information content (AvgIpc) is 2.59. The Morgan fingerprint density at radius 1 is 1.27 bits per heavy atom. The summed E-state index contributed by atoms with van der Waals surface area (Å²) in [6.07, 6.45) is 2.47. The Morgan fingerprint density at radius 3 is 2.46 bits per heavy atom. The zero-order chi connectivity index (χ0) is 18.4. The van der Waals surface area contributed by atoms with Crippen molar-refractivity contribution in [2.75, 3.05) is 33.3 Å². The van der Waals surface area contributed by atoms with Crippen LogP contribution in [0.4, 0.5) is 0 Å². The van der Waals surface area contributed by atoms with Gasteiger partial charge in [-0.1, -0.05) is 43.1 Å². The molecule has 0 atom stereocenters. The normalized spacial score (nSPS) is 16.4. The van der Waals surface area contributed by atoms with E-state index in [4.69, 9.17) is 27.9 Å². The number of aliphatic imine (C=N–C) groups is 1. The predicted octanol–water partition coefficient (Wildman–Crippen LogP) is 4.97. The van der Waals surface area contributed by atoms with Crippen LogP contribution in [-0.4, -0.2) is 50.3 Å². The van der Waals surface area contributed by atoms with Crippen LogP contribution in [0.1, 0.15) is 39.2 Å². The first-order chi connectivity index (χ1) is 11.9. The molecule has 1 N–H and O–H groups in total. The summed E-state index contributed by atoms with van der Waals surface area (Å²) in [7, 11) is 1.84. The van der Waals surface area contributed by atoms with E-state index in [1.54, 1.807) is 0 Å². The SMILES string of the molecule is CCOC1CCN(C(=NC)NCC(C)(C)c2ccc(Cl)c(Cl)c2)CC1.I. The van der Waals surface area contributed by atoms with Gasteiger partial charge >= 0.3 is 0 Å². The Balaban J connectivity index is 0.00000338. The maximum absolute atomic E-state index is 6.17. The van der Waals surface area contributed by atoms with Gasteiger partial charge in [0.05, 0.1) is 16.1 Å². The molecule has 2 rings (SSSR count). The highest BCUT2D eigenvalue weighted by Gasteiger charge is 2.25. The van der Waals surface area contributed by atoms with Crippen molar-refractivity contribution in [3.05, 3.63) is 33.8 Å². The van der Waals surface area contributed by atoms with Crippen molar-refractivity contribution in [1.29, 1.82) is 0 Å². The zero-order valence-corrected chi connectivity index (χ0v) is 19.9. The molecule has 1 heterocycles. The summed E-state index contributed by atoms with van der Waals surface area (Å²) >= 11 is 12.2. The van der Waals surface area contributed by atoms with Crippen LogP contribution in [0.5, 0.6) is 0 Å². The number of guanidine groups is 1. The molecule has 1 aromatic rings. The summed E-state index contributed by atoms with van der Waals surface area (Å²) in [5.41, 5.74) is 1.06. The highest BCUT2D eigenvalue weighted by Crippen LogP contribution is 2.29. The van der Waals surface area contributed by atoms with E-state index in [0.717, 1.165) is 50.6 Å². The first-order valence-corrected chi connectivity index (χ1v) is 9.65. The fourth-order valence-electron chi connectivity index (χ4n) is 3.12. The molecule has 148 valence electrons. The molecule has 7 heteroatoms. The van der Waals surface area contributed by atoms with Gasteiger partial charge in [-0.3, -0.25) is 4.99 Å². The molecule has 26 heavy (non-hydrogen) atoms. The van der Waals surface area contributed by atoms with Gasteiger partial charge in [0.25, 0.3) is 0 Å². The number of nitrogens with one attached hydrogen (secondary N) is 1. The van der Waals surface area contributed by atoms with Crippen molar-refractivity contribution in [3.8, 4) is 0 Å². The molecule has 1 fully saturated rings. The van der Waals surface area contributed by atoms with Crippen LogP contribution in [0, 0.1) is 0 Å².